The lowest BCUT2D eigenvalue weighted by atomic mass is 9.82. The summed E-state index contributed by atoms with van der Waals surface area (Å²) < 4.78 is 12.2. The number of fused-ring (bicyclic) bond motifs is 2. The van der Waals surface area contributed by atoms with Crippen LogP contribution in [0.1, 0.15) is 86.3 Å². The van der Waals surface area contributed by atoms with Gasteiger partial charge in [0.15, 0.2) is 11.2 Å². The highest BCUT2D eigenvalue weighted by Gasteiger charge is 2.21. The topological polar surface area (TPSA) is 127 Å². The van der Waals surface area contributed by atoms with Crippen LogP contribution < -0.4 is 16.0 Å². The molecular formula is C43H48N8O2. The molecule has 0 aliphatic rings. The van der Waals surface area contributed by atoms with Crippen molar-refractivity contribution in [2.75, 3.05) is 16.0 Å². The maximum absolute atomic E-state index is 6.12. The largest absolute Gasteiger partial charge is 0.436 e. The zero-order chi connectivity index (χ0) is 37.5. The van der Waals surface area contributed by atoms with E-state index >= 15 is 0 Å². The van der Waals surface area contributed by atoms with E-state index in [-0.39, 0.29) is 16.4 Å². The van der Waals surface area contributed by atoms with Crippen molar-refractivity contribution in [1.29, 1.82) is 0 Å². The molecule has 0 unspecified atom stereocenters. The fraction of sp³-hybridized carbons (Fsp3) is 0.326. The molecular weight excluding hydrogens is 661 g/mol. The van der Waals surface area contributed by atoms with E-state index in [2.05, 4.69) is 112 Å². The Balaban J connectivity index is 1.09. The summed E-state index contributed by atoms with van der Waals surface area (Å²) in [7, 11) is 0. The normalized spacial score (nSPS) is 12.4. The summed E-state index contributed by atoms with van der Waals surface area (Å²) in [6.07, 6.45) is 2.08. The van der Waals surface area contributed by atoms with Crippen LogP contribution in [0.3, 0.4) is 0 Å². The minimum Gasteiger partial charge on any atom is -0.436 e. The number of rotatable bonds is 11. The van der Waals surface area contributed by atoms with Crippen LogP contribution >= 0.6 is 0 Å². The van der Waals surface area contributed by atoms with Crippen molar-refractivity contribution in [2.24, 2.45) is 0 Å². The first-order valence-corrected chi connectivity index (χ1v) is 18.3. The maximum atomic E-state index is 6.12. The number of aromatic nitrogens is 5. The molecule has 4 aromatic carbocycles. The van der Waals surface area contributed by atoms with Gasteiger partial charge in [0, 0.05) is 28.0 Å². The number of benzene rings is 4. The van der Waals surface area contributed by atoms with Crippen LogP contribution in [0, 0.1) is 0 Å². The average molecular weight is 709 g/mol. The van der Waals surface area contributed by atoms with E-state index in [0.717, 1.165) is 57.5 Å². The van der Waals surface area contributed by atoms with E-state index in [0.29, 0.717) is 29.6 Å². The zero-order valence-corrected chi connectivity index (χ0v) is 32.0. The van der Waals surface area contributed by atoms with Crippen molar-refractivity contribution in [3.8, 4) is 22.9 Å². The Morgan fingerprint density at radius 1 is 0.491 bits per heavy atom. The Morgan fingerprint density at radius 2 is 0.887 bits per heavy atom. The van der Waals surface area contributed by atoms with Crippen molar-refractivity contribution >= 4 is 51.4 Å². The Kier molecular flexibility index (Phi) is 9.18. The van der Waals surface area contributed by atoms with Gasteiger partial charge >= 0.3 is 0 Å². The predicted octanol–water partition coefficient (Wildman–Crippen LogP) is 11.6. The van der Waals surface area contributed by atoms with Crippen LogP contribution in [0.25, 0.3) is 45.1 Å². The van der Waals surface area contributed by atoms with Gasteiger partial charge in [-0.05, 0) is 128 Å². The van der Waals surface area contributed by atoms with Crippen molar-refractivity contribution in [2.45, 2.75) is 91.5 Å². The molecule has 7 aromatic rings. The summed E-state index contributed by atoms with van der Waals surface area (Å²) in [5, 5.41) is 10.0. The standard InChI is InChI=1S/C43H48N8O2/c1-10-42(6,7)28-16-22-34-32(24-28)46-36(52-34)26-12-18-30(19-13-26)44-38-48-39(50-40(49-38)51-41(3,4)5)45-31-20-14-27(15-21-31)37-47-33-25-29(43(8,9)11-2)17-23-35(33)53-37/h12-25H,10-11H2,1-9H3,(H3,44,45,48,49,50,51). The highest BCUT2D eigenvalue weighted by atomic mass is 16.4. The molecule has 3 aromatic heterocycles. The van der Waals surface area contributed by atoms with Crippen molar-refractivity contribution in [1.82, 2.24) is 24.9 Å². The maximum Gasteiger partial charge on any atom is 0.233 e. The quantitative estimate of drug-likeness (QED) is 0.119. The molecule has 0 aliphatic heterocycles. The molecule has 272 valence electrons. The molecule has 10 heteroatoms. The molecule has 0 saturated heterocycles. The fourth-order valence-electron chi connectivity index (χ4n) is 5.88. The predicted molar refractivity (Wildman–Crippen MR) is 215 cm³/mol. The van der Waals surface area contributed by atoms with E-state index in [1.54, 1.807) is 0 Å². The number of hydrogen-bond donors (Lipinski definition) is 3. The third kappa shape index (κ3) is 7.87. The lowest BCUT2D eigenvalue weighted by Crippen LogP contribution is -2.27. The van der Waals surface area contributed by atoms with Gasteiger partial charge in [0.1, 0.15) is 11.0 Å². The number of nitrogens with zero attached hydrogens (tertiary/aromatic N) is 5. The van der Waals surface area contributed by atoms with Crippen LogP contribution in [-0.2, 0) is 10.8 Å². The Hall–Kier alpha value is -5.77. The Morgan fingerprint density at radius 3 is 1.26 bits per heavy atom. The summed E-state index contributed by atoms with van der Waals surface area (Å²) >= 11 is 0. The molecule has 0 bridgehead atoms. The molecule has 0 aliphatic carbocycles. The lowest BCUT2D eigenvalue weighted by Gasteiger charge is -2.22. The molecule has 0 atom stereocenters. The van der Waals surface area contributed by atoms with Crippen LogP contribution in [0.2, 0.25) is 0 Å². The molecule has 0 radical (unpaired) electrons. The van der Waals surface area contributed by atoms with Gasteiger partial charge in [0.25, 0.3) is 0 Å². The lowest BCUT2D eigenvalue weighted by molar-refractivity contribution is 0.506. The van der Waals surface area contributed by atoms with Gasteiger partial charge in [-0.15, -0.1) is 0 Å². The van der Waals surface area contributed by atoms with E-state index in [4.69, 9.17) is 23.8 Å². The number of anilines is 5. The van der Waals surface area contributed by atoms with Gasteiger partial charge in [-0.2, -0.15) is 15.0 Å². The molecule has 0 spiro atoms. The second-order valence-corrected chi connectivity index (χ2v) is 16.0. The van der Waals surface area contributed by atoms with Crippen LogP contribution in [0.5, 0.6) is 0 Å². The van der Waals surface area contributed by atoms with E-state index in [1.807, 2.05) is 60.7 Å². The van der Waals surface area contributed by atoms with Crippen LogP contribution in [0.4, 0.5) is 29.2 Å². The van der Waals surface area contributed by atoms with Gasteiger partial charge in [-0.1, -0.05) is 53.7 Å². The summed E-state index contributed by atoms with van der Waals surface area (Å²) in [4.78, 5) is 23.6. The van der Waals surface area contributed by atoms with Gasteiger partial charge in [-0.3, -0.25) is 0 Å². The van der Waals surface area contributed by atoms with Crippen LogP contribution in [-0.4, -0.2) is 30.5 Å². The average Bonchev–Trinajstić information content (AvgIpc) is 3.75. The zero-order valence-electron chi connectivity index (χ0n) is 32.0. The first-order valence-electron chi connectivity index (χ1n) is 18.3. The number of nitrogens with one attached hydrogen (secondary N) is 3. The summed E-state index contributed by atoms with van der Waals surface area (Å²) in [6, 6.07) is 28.3. The molecule has 7 rings (SSSR count). The van der Waals surface area contributed by atoms with E-state index in [9.17, 15) is 0 Å². The van der Waals surface area contributed by atoms with Gasteiger partial charge in [0.2, 0.25) is 29.6 Å². The highest BCUT2D eigenvalue weighted by Crippen LogP contribution is 2.34. The molecule has 53 heavy (non-hydrogen) atoms. The first kappa shape index (κ1) is 35.6. The Labute approximate surface area is 310 Å². The second kappa shape index (κ2) is 13.7. The molecule has 3 N–H and O–H groups in total. The highest BCUT2D eigenvalue weighted by molar-refractivity contribution is 5.79. The smallest absolute Gasteiger partial charge is 0.233 e. The molecule has 0 saturated carbocycles. The molecule has 0 amide bonds. The van der Waals surface area contributed by atoms with Crippen molar-refractivity contribution in [3.05, 3.63) is 96.1 Å². The number of hydrogen-bond acceptors (Lipinski definition) is 10. The van der Waals surface area contributed by atoms with Crippen LogP contribution in [0.15, 0.2) is 93.8 Å². The molecule has 0 fully saturated rings. The third-order valence-electron chi connectivity index (χ3n) is 10.0. The fourth-order valence-corrected chi connectivity index (χ4v) is 5.88. The van der Waals surface area contributed by atoms with Crippen molar-refractivity contribution < 1.29 is 8.83 Å². The van der Waals surface area contributed by atoms with Gasteiger partial charge in [-0.25, -0.2) is 9.97 Å². The number of oxazole rings is 2. The SMILES string of the molecule is CCC(C)(C)c1ccc2oc(-c3ccc(Nc4nc(Nc5ccc(-c6nc7cc(C(C)(C)CC)ccc7o6)cc5)nc(NC(C)(C)C)n4)cc3)nc2c1. The van der Waals surface area contributed by atoms with Gasteiger partial charge in [0.05, 0.1) is 0 Å². The van der Waals surface area contributed by atoms with E-state index < -0.39 is 0 Å². The van der Waals surface area contributed by atoms with Gasteiger partial charge < -0.3 is 24.8 Å². The summed E-state index contributed by atoms with van der Waals surface area (Å²) in [6.45, 7) is 19.6. The Bertz CT molecular complexity index is 2230. The third-order valence-corrected chi connectivity index (χ3v) is 10.0. The summed E-state index contributed by atoms with van der Waals surface area (Å²) in [5.41, 5.74) is 9.01. The first-order chi connectivity index (χ1) is 25.2. The minimum absolute atomic E-state index is 0.0723. The molecule has 3 heterocycles. The van der Waals surface area contributed by atoms with Crippen molar-refractivity contribution in [3.63, 3.8) is 0 Å². The monoisotopic (exact) mass is 708 g/mol. The minimum atomic E-state index is -0.265. The second-order valence-electron chi connectivity index (χ2n) is 16.0. The van der Waals surface area contributed by atoms with E-state index in [1.165, 1.54) is 11.1 Å². The molecule has 10 nitrogen and oxygen atoms in total. The summed E-state index contributed by atoms with van der Waals surface area (Å²) in [5.74, 6) is 2.38.